The second-order valence-corrected chi connectivity index (χ2v) is 9.03. The molecule has 0 spiro atoms. The Morgan fingerprint density at radius 3 is 2.56 bits per heavy atom. The predicted molar refractivity (Wildman–Crippen MR) is 133 cm³/mol. The predicted octanol–water partition coefficient (Wildman–Crippen LogP) is 5.33. The zero-order valence-electron chi connectivity index (χ0n) is 18.6. The van der Waals surface area contributed by atoms with Crippen LogP contribution in [0, 0.1) is 6.92 Å². The lowest BCUT2D eigenvalue weighted by molar-refractivity contribution is 0.413. The Morgan fingerprint density at radius 1 is 1.00 bits per heavy atom. The molecule has 0 aliphatic carbocycles. The molecule has 1 N–H and O–H groups in total. The van der Waals surface area contributed by atoms with E-state index < -0.39 is 11.2 Å². The van der Waals surface area contributed by atoms with Crippen LogP contribution in [-0.4, -0.2) is 16.8 Å². The largest absolute Gasteiger partial charge is 0.505 e. The maximum atomic E-state index is 13.7. The summed E-state index contributed by atoms with van der Waals surface area (Å²) in [5.41, 5.74) is 1.49. The molecule has 0 radical (unpaired) electrons. The summed E-state index contributed by atoms with van der Waals surface area (Å²) in [5, 5.41) is 11.7. The van der Waals surface area contributed by atoms with E-state index in [4.69, 9.17) is 9.15 Å². The highest BCUT2D eigenvalue weighted by Gasteiger charge is 2.22. The molecular weight excluding hydrogens is 450 g/mol. The van der Waals surface area contributed by atoms with E-state index >= 15 is 0 Å². The molecule has 0 saturated heterocycles. The number of benzene rings is 3. The maximum absolute atomic E-state index is 13.7. The summed E-state index contributed by atoms with van der Waals surface area (Å²) in [6.45, 7) is 2.25. The fraction of sp³-hybridized carbons (Fsp3) is 0.111. The van der Waals surface area contributed by atoms with Crippen molar-refractivity contribution in [3.8, 4) is 11.5 Å². The van der Waals surface area contributed by atoms with E-state index in [0.29, 0.717) is 28.1 Å². The Labute approximate surface area is 199 Å². The number of ether oxygens (including phenoxy) is 1. The van der Waals surface area contributed by atoms with Gasteiger partial charge < -0.3 is 18.8 Å². The second-order valence-electron chi connectivity index (χ2n) is 7.95. The molecule has 0 saturated carbocycles. The van der Waals surface area contributed by atoms with E-state index in [9.17, 15) is 14.7 Å². The van der Waals surface area contributed by atoms with Crippen molar-refractivity contribution in [3.05, 3.63) is 105 Å². The van der Waals surface area contributed by atoms with Gasteiger partial charge in [0.15, 0.2) is 11.3 Å². The van der Waals surface area contributed by atoms with Crippen molar-refractivity contribution in [1.82, 2.24) is 4.57 Å². The minimum absolute atomic E-state index is 0.0164. The highest BCUT2D eigenvalue weighted by molar-refractivity contribution is 7.99. The first-order chi connectivity index (χ1) is 16.5. The highest BCUT2D eigenvalue weighted by Crippen LogP contribution is 2.38. The van der Waals surface area contributed by atoms with Crippen molar-refractivity contribution in [2.24, 2.45) is 0 Å². The smallest absolute Gasteiger partial charge is 0.354 e. The average molecular weight is 472 g/mol. The summed E-state index contributed by atoms with van der Waals surface area (Å²) in [7, 11) is 1.55. The van der Waals surface area contributed by atoms with Gasteiger partial charge in [0.1, 0.15) is 16.0 Å². The molecule has 34 heavy (non-hydrogen) atoms. The van der Waals surface area contributed by atoms with E-state index in [1.165, 1.54) is 0 Å². The van der Waals surface area contributed by atoms with Gasteiger partial charge in [-0.15, -0.1) is 0 Å². The third kappa shape index (κ3) is 3.84. The number of hydrogen-bond acceptors (Lipinski definition) is 6. The quantitative estimate of drug-likeness (QED) is 0.349. The van der Waals surface area contributed by atoms with Crippen LogP contribution < -0.4 is 15.9 Å². The zero-order valence-corrected chi connectivity index (χ0v) is 19.4. The van der Waals surface area contributed by atoms with E-state index in [-0.39, 0.29) is 21.6 Å². The molecule has 0 aliphatic heterocycles. The number of hydrogen-bond donors (Lipinski definition) is 1. The molecule has 0 bridgehead atoms. The summed E-state index contributed by atoms with van der Waals surface area (Å²) >= 11 is 1.03. The highest BCUT2D eigenvalue weighted by atomic mass is 32.2. The molecule has 0 amide bonds. The van der Waals surface area contributed by atoms with Crippen molar-refractivity contribution in [2.75, 3.05) is 7.11 Å². The lowest BCUT2D eigenvalue weighted by atomic mass is 10.1. The molecule has 170 valence electrons. The third-order valence-electron chi connectivity index (χ3n) is 5.65. The van der Waals surface area contributed by atoms with Gasteiger partial charge >= 0.3 is 5.63 Å². The SMILES string of the molecule is COc1cccc(Sc2c(O)c3c(=O)n(Cc4ccccc4)c4cc(C)ccc4c3oc2=O)c1. The van der Waals surface area contributed by atoms with Crippen LogP contribution in [0.1, 0.15) is 11.1 Å². The van der Waals surface area contributed by atoms with Gasteiger partial charge in [0, 0.05) is 10.3 Å². The summed E-state index contributed by atoms with van der Waals surface area (Å²) in [4.78, 5) is 27.3. The number of fused-ring (bicyclic) bond motifs is 3. The molecule has 2 aromatic heterocycles. The summed E-state index contributed by atoms with van der Waals surface area (Å²) in [5.74, 6) is 0.231. The molecule has 6 nitrogen and oxygen atoms in total. The van der Waals surface area contributed by atoms with Gasteiger partial charge in [-0.05, 0) is 48.4 Å². The first-order valence-electron chi connectivity index (χ1n) is 10.6. The van der Waals surface area contributed by atoms with Gasteiger partial charge in [-0.3, -0.25) is 4.79 Å². The normalized spacial score (nSPS) is 11.2. The van der Waals surface area contributed by atoms with Crippen LogP contribution in [0.2, 0.25) is 0 Å². The number of aromatic hydroxyl groups is 1. The Kier molecular flexibility index (Phi) is 5.63. The minimum Gasteiger partial charge on any atom is -0.505 e. The van der Waals surface area contributed by atoms with Gasteiger partial charge in [-0.25, -0.2) is 4.79 Å². The van der Waals surface area contributed by atoms with Crippen molar-refractivity contribution >= 4 is 33.6 Å². The van der Waals surface area contributed by atoms with E-state index in [0.717, 1.165) is 22.9 Å². The lowest BCUT2D eigenvalue weighted by Crippen LogP contribution is -2.23. The lowest BCUT2D eigenvalue weighted by Gasteiger charge is -2.15. The molecule has 7 heteroatoms. The topological polar surface area (TPSA) is 81.7 Å². The van der Waals surface area contributed by atoms with Crippen LogP contribution in [0.4, 0.5) is 0 Å². The van der Waals surface area contributed by atoms with Crippen molar-refractivity contribution in [3.63, 3.8) is 0 Å². The fourth-order valence-corrected chi connectivity index (χ4v) is 4.87. The molecule has 2 heterocycles. The van der Waals surface area contributed by atoms with Gasteiger partial charge in [0.2, 0.25) is 0 Å². The van der Waals surface area contributed by atoms with Crippen LogP contribution in [0.5, 0.6) is 11.5 Å². The van der Waals surface area contributed by atoms with Crippen LogP contribution in [0.3, 0.4) is 0 Å². The Balaban J connectivity index is 1.78. The fourth-order valence-electron chi connectivity index (χ4n) is 3.99. The molecule has 5 rings (SSSR count). The van der Waals surface area contributed by atoms with E-state index in [2.05, 4.69) is 0 Å². The van der Waals surface area contributed by atoms with Crippen molar-refractivity contribution in [1.29, 1.82) is 0 Å². The Bertz CT molecular complexity index is 1650. The number of pyridine rings is 1. The first-order valence-corrected chi connectivity index (χ1v) is 11.5. The van der Waals surface area contributed by atoms with E-state index in [1.807, 2.05) is 55.5 Å². The van der Waals surface area contributed by atoms with Crippen LogP contribution >= 0.6 is 11.8 Å². The molecular formula is C27H21NO5S. The standard InChI is InChI=1S/C27H21NO5S/c1-16-11-12-20-21(13-16)28(15-17-7-4-3-5-8-17)26(30)22-23(29)25(27(31)33-24(20)22)34-19-10-6-9-18(14-19)32-2/h3-14,29H,15H2,1-2H3. The van der Waals surface area contributed by atoms with Crippen molar-refractivity contribution in [2.45, 2.75) is 23.3 Å². The molecule has 3 aromatic carbocycles. The number of aryl methyl sites for hydroxylation is 1. The first kappa shape index (κ1) is 21.9. The molecule has 0 unspecified atom stereocenters. The third-order valence-corrected chi connectivity index (χ3v) is 6.71. The van der Waals surface area contributed by atoms with Crippen LogP contribution in [0.15, 0.2) is 96.6 Å². The summed E-state index contributed by atoms with van der Waals surface area (Å²) in [6, 6.07) is 22.3. The minimum atomic E-state index is -0.708. The van der Waals surface area contributed by atoms with Gasteiger partial charge in [-0.2, -0.15) is 0 Å². The van der Waals surface area contributed by atoms with Crippen molar-refractivity contribution < 1.29 is 14.3 Å². The van der Waals surface area contributed by atoms with Crippen LogP contribution in [0.25, 0.3) is 21.9 Å². The van der Waals surface area contributed by atoms with Crippen LogP contribution in [-0.2, 0) is 6.54 Å². The second kappa shape index (κ2) is 8.76. The summed E-state index contributed by atoms with van der Waals surface area (Å²) < 4.78 is 12.5. The Hall–Kier alpha value is -3.97. The summed E-state index contributed by atoms with van der Waals surface area (Å²) in [6.07, 6.45) is 0. The molecule has 0 fully saturated rings. The average Bonchev–Trinajstić information content (AvgIpc) is 2.84. The number of rotatable bonds is 5. The molecule has 5 aromatic rings. The van der Waals surface area contributed by atoms with Gasteiger partial charge in [-0.1, -0.05) is 54.2 Å². The molecule has 0 aliphatic rings. The molecule has 0 atom stereocenters. The number of aromatic nitrogens is 1. The van der Waals surface area contributed by atoms with Gasteiger partial charge in [0.05, 0.1) is 19.2 Å². The number of methoxy groups -OCH3 is 1. The number of nitrogens with zero attached hydrogens (tertiary/aromatic N) is 1. The monoisotopic (exact) mass is 471 g/mol. The zero-order chi connectivity index (χ0) is 23.8. The Morgan fingerprint density at radius 2 is 1.79 bits per heavy atom. The van der Waals surface area contributed by atoms with E-state index in [1.54, 1.807) is 35.9 Å². The maximum Gasteiger partial charge on any atom is 0.354 e. The van der Waals surface area contributed by atoms with Gasteiger partial charge in [0.25, 0.3) is 5.56 Å².